The van der Waals surface area contributed by atoms with Gasteiger partial charge < -0.3 is 14.5 Å². The van der Waals surface area contributed by atoms with Crippen molar-refractivity contribution >= 4 is 17.5 Å². The highest BCUT2D eigenvalue weighted by atomic mass is 35.5. The predicted octanol–water partition coefficient (Wildman–Crippen LogP) is 2.28. The number of fused-ring (bicyclic) bond motifs is 3. The first-order valence-corrected chi connectivity index (χ1v) is 9.09. The molecule has 24 heavy (non-hydrogen) atoms. The lowest BCUT2D eigenvalue weighted by atomic mass is 9.63. The van der Waals surface area contributed by atoms with Gasteiger partial charge in [0.2, 0.25) is 5.91 Å². The number of carbonyl (C=O) groups is 1. The third-order valence-corrected chi connectivity index (χ3v) is 6.97. The highest BCUT2D eigenvalue weighted by molar-refractivity contribution is 6.27. The molecular weight excluding hydrogens is 324 g/mol. The molecule has 1 heterocycles. The van der Waals surface area contributed by atoms with Crippen molar-refractivity contribution in [1.82, 2.24) is 9.80 Å². The van der Waals surface area contributed by atoms with Crippen LogP contribution in [-0.2, 0) is 16.6 Å². The maximum absolute atomic E-state index is 12.4. The number of carbonyl (C=O) groups excluding carboxylic acids is 1. The SMILES string of the molecule is COc1ccc2c(c1)[C@@]1(C)CC3(C2)CN(C)[C@H]3[C@@H]1N(C)C(=O)CCl. The minimum absolute atomic E-state index is 0.00957. The van der Waals surface area contributed by atoms with Crippen molar-refractivity contribution in [2.75, 3.05) is 33.6 Å². The van der Waals surface area contributed by atoms with Crippen molar-refractivity contribution in [1.29, 1.82) is 0 Å². The van der Waals surface area contributed by atoms with Gasteiger partial charge in [-0.1, -0.05) is 13.0 Å². The lowest BCUT2D eigenvalue weighted by Gasteiger charge is -2.55. The summed E-state index contributed by atoms with van der Waals surface area (Å²) in [6, 6.07) is 7.01. The molecular formula is C19H25ClN2O2. The van der Waals surface area contributed by atoms with Crippen LogP contribution in [0.4, 0.5) is 0 Å². The maximum atomic E-state index is 12.4. The van der Waals surface area contributed by atoms with Gasteiger partial charge in [-0.3, -0.25) is 4.79 Å². The average molecular weight is 349 g/mol. The fourth-order valence-corrected chi connectivity index (χ4v) is 6.27. The number of nitrogens with zero attached hydrogens (tertiary/aromatic N) is 2. The monoisotopic (exact) mass is 348 g/mol. The van der Waals surface area contributed by atoms with Crippen LogP contribution < -0.4 is 4.74 Å². The molecule has 4 rings (SSSR count). The van der Waals surface area contributed by atoms with E-state index in [1.165, 1.54) is 11.1 Å². The number of likely N-dealkylation sites (tertiary alicyclic amines) is 1. The van der Waals surface area contributed by atoms with Gasteiger partial charge in [-0.15, -0.1) is 11.6 Å². The molecule has 4 nitrogen and oxygen atoms in total. The van der Waals surface area contributed by atoms with E-state index in [9.17, 15) is 4.79 Å². The smallest absolute Gasteiger partial charge is 0.237 e. The standard InChI is InChI=1S/C19H25ClN2O2/c1-18-10-19(8-12-5-6-13(24-4)7-14(12)18)11-21(2)17(19)16(18)22(3)15(23)9-20/h5-7,16-17H,8-11H2,1-4H3/t16-,17-,18+,19?/m0/s1. The summed E-state index contributed by atoms with van der Waals surface area (Å²) in [6.45, 7) is 3.43. The third-order valence-electron chi connectivity index (χ3n) is 6.74. The molecule has 0 aromatic heterocycles. The number of alkyl halides is 1. The first kappa shape index (κ1) is 16.2. The number of amides is 1. The van der Waals surface area contributed by atoms with Gasteiger partial charge >= 0.3 is 0 Å². The number of benzene rings is 1. The van der Waals surface area contributed by atoms with Gasteiger partial charge in [0, 0.05) is 30.5 Å². The van der Waals surface area contributed by atoms with E-state index in [0.717, 1.165) is 25.1 Å². The van der Waals surface area contributed by atoms with Gasteiger partial charge in [0.05, 0.1) is 13.2 Å². The van der Waals surface area contributed by atoms with Crippen molar-refractivity contribution in [3.05, 3.63) is 29.3 Å². The number of hydrogen-bond donors (Lipinski definition) is 0. The van der Waals surface area contributed by atoms with E-state index in [0.29, 0.717) is 6.04 Å². The summed E-state index contributed by atoms with van der Waals surface area (Å²) in [5, 5.41) is 0. The van der Waals surface area contributed by atoms with Crippen molar-refractivity contribution in [3.63, 3.8) is 0 Å². The summed E-state index contributed by atoms with van der Waals surface area (Å²) in [6.07, 6.45) is 2.22. The minimum atomic E-state index is -0.0615. The average Bonchev–Trinajstić information content (AvgIpc) is 2.74. The predicted molar refractivity (Wildman–Crippen MR) is 94.8 cm³/mol. The van der Waals surface area contributed by atoms with E-state index in [4.69, 9.17) is 16.3 Å². The van der Waals surface area contributed by atoms with E-state index < -0.39 is 0 Å². The number of methoxy groups -OCH3 is 1. The number of likely N-dealkylation sites (N-methyl/N-ethyl adjacent to an activating group) is 2. The summed E-state index contributed by atoms with van der Waals surface area (Å²) in [7, 11) is 5.80. The Balaban J connectivity index is 1.86. The van der Waals surface area contributed by atoms with Crippen LogP contribution in [0.15, 0.2) is 18.2 Å². The third kappa shape index (κ3) is 1.87. The zero-order valence-corrected chi connectivity index (χ0v) is 15.6. The quantitative estimate of drug-likeness (QED) is 0.786. The molecule has 1 aliphatic heterocycles. The van der Waals surface area contributed by atoms with E-state index in [-0.39, 0.29) is 28.7 Å². The Morgan fingerprint density at radius 2 is 2.25 bits per heavy atom. The molecule has 5 heteroatoms. The van der Waals surface area contributed by atoms with Crippen LogP contribution in [0.25, 0.3) is 0 Å². The van der Waals surface area contributed by atoms with Crippen molar-refractivity contribution in [2.45, 2.75) is 37.3 Å². The topological polar surface area (TPSA) is 32.8 Å². The Labute approximate surface area is 148 Å². The van der Waals surface area contributed by atoms with Gasteiger partial charge in [-0.05, 0) is 43.1 Å². The van der Waals surface area contributed by atoms with Crippen LogP contribution in [0.1, 0.15) is 24.5 Å². The Hall–Kier alpha value is -1.26. The van der Waals surface area contributed by atoms with Gasteiger partial charge in [0.25, 0.3) is 0 Å². The molecule has 2 bridgehead atoms. The molecule has 4 atom stereocenters. The molecule has 1 amide bonds. The molecule has 1 spiro atoms. The van der Waals surface area contributed by atoms with Gasteiger partial charge in [-0.25, -0.2) is 0 Å². The van der Waals surface area contributed by atoms with E-state index in [2.05, 4.69) is 37.1 Å². The summed E-state index contributed by atoms with van der Waals surface area (Å²) in [5.74, 6) is 0.941. The molecule has 1 aromatic carbocycles. The molecule has 1 saturated carbocycles. The van der Waals surface area contributed by atoms with Crippen LogP contribution in [0.2, 0.25) is 0 Å². The molecule has 1 saturated heterocycles. The molecule has 0 radical (unpaired) electrons. The molecule has 1 unspecified atom stereocenters. The Morgan fingerprint density at radius 3 is 2.88 bits per heavy atom. The Kier molecular flexibility index (Phi) is 3.46. The van der Waals surface area contributed by atoms with Crippen LogP contribution in [-0.4, -0.2) is 61.4 Å². The summed E-state index contributed by atoms with van der Waals surface area (Å²) >= 11 is 5.87. The van der Waals surface area contributed by atoms with Gasteiger partial charge in [0.1, 0.15) is 11.6 Å². The highest BCUT2D eigenvalue weighted by Crippen LogP contribution is 2.64. The molecule has 130 valence electrons. The number of hydrogen-bond acceptors (Lipinski definition) is 3. The van der Waals surface area contributed by atoms with Crippen molar-refractivity contribution in [3.8, 4) is 5.75 Å². The summed E-state index contributed by atoms with van der Waals surface area (Å²) < 4.78 is 5.47. The first-order chi connectivity index (χ1) is 11.4. The van der Waals surface area contributed by atoms with Crippen LogP contribution in [0.5, 0.6) is 5.75 Å². The van der Waals surface area contributed by atoms with Crippen LogP contribution in [0.3, 0.4) is 0 Å². The molecule has 1 aromatic rings. The minimum Gasteiger partial charge on any atom is -0.497 e. The maximum Gasteiger partial charge on any atom is 0.237 e. The Morgan fingerprint density at radius 1 is 1.50 bits per heavy atom. The highest BCUT2D eigenvalue weighted by Gasteiger charge is 2.69. The lowest BCUT2D eigenvalue weighted by molar-refractivity contribution is -0.134. The molecule has 2 aliphatic carbocycles. The number of halogens is 1. The van der Waals surface area contributed by atoms with Crippen LogP contribution in [0, 0.1) is 5.41 Å². The van der Waals surface area contributed by atoms with Crippen LogP contribution >= 0.6 is 11.6 Å². The van der Waals surface area contributed by atoms with Crippen molar-refractivity contribution < 1.29 is 9.53 Å². The van der Waals surface area contributed by atoms with E-state index in [1.807, 2.05) is 11.9 Å². The van der Waals surface area contributed by atoms with Crippen molar-refractivity contribution in [2.24, 2.45) is 5.41 Å². The molecule has 0 N–H and O–H groups in total. The molecule has 2 fully saturated rings. The second kappa shape index (κ2) is 5.12. The lowest BCUT2D eigenvalue weighted by Crippen LogP contribution is -2.67. The summed E-state index contributed by atoms with van der Waals surface area (Å²) in [5.41, 5.74) is 2.98. The van der Waals surface area contributed by atoms with E-state index in [1.54, 1.807) is 7.11 Å². The fourth-order valence-electron chi connectivity index (χ4n) is 6.08. The zero-order valence-electron chi connectivity index (χ0n) is 14.8. The van der Waals surface area contributed by atoms with Gasteiger partial charge in [0.15, 0.2) is 0 Å². The second-order valence-corrected chi connectivity index (χ2v) is 8.37. The summed E-state index contributed by atoms with van der Waals surface area (Å²) in [4.78, 5) is 16.7. The molecule has 3 aliphatic rings. The number of rotatable bonds is 3. The largest absolute Gasteiger partial charge is 0.497 e. The zero-order chi connectivity index (χ0) is 17.3. The fraction of sp³-hybridized carbons (Fsp3) is 0.632. The Bertz CT molecular complexity index is 709. The second-order valence-electron chi connectivity index (χ2n) is 8.10. The first-order valence-electron chi connectivity index (χ1n) is 8.55. The normalized spacial score (nSPS) is 36.5. The van der Waals surface area contributed by atoms with E-state index >= 15 is 0 Å². The number of ether oxygens (including phenoxy) is 1. The van der Waals surface area contributed by atoms with Gasteiger partial charge in [-0.2, -0.15) is 0 Å².